The van der Waals surface area contributed by atoms with Gasteiger partial charge in [0.2, 0.25) is 15.9 Å². The number of hydrogen-bond acceptors (Lipinski definition) is 4. The Bertz CT molecular complexity index is 662. The summed E-state index contributed by atoms with van der Waals surface area (Å²) in [5, 5.41) is 3.15. The van der Waals surface area contributed by atoms with Crippen LogP contribution < -0.4 is 10.0 Å². The first-order valence-electron chi connectivity index (χ1n) is 8.05. The molecule has 1 amide bonds. The van der Waals surface area contributed by atoms with Crippen LogP contribution in [0.3, 0.4) is 0 Å². The Labute approximate surface area is 137 Å². The predicted molar refractivity (Wildman–Crippen MR) is 87.3 cm³/mol. The number of sulfonamides is 1. The molecule has 2 N–H and O–H groups in total. The number of nitrogens with one attached hydrogen (secondary N) is 2. The second kappa shape index (κ2) is 6.59. The fraction of sp³-hybridized carbons (Fsp3) is 0.562. The Morgan fingerprint density at radius 2 is 2.04 bits per heavy atom. The van der Waals surface area contributed by atoms with Crippen molar-refractivity contribution in [1.29, 1.82) is 0 Å². The number of nitrogens with zero attached hydrogens (tertiary/aromatic N) is 1. The van der Waals surface area contributed by atoms with Crippen molar-refractivity contribution in [3.63, 3.8) is 0 Å². The van der Waals surface area contributed by atoms with Crippen LogP contribution in [0, 0.1) is 5.92 Å². The maximum atomic E-state index is 12.5. The third kappa shape index (κ3) is 3.73. The first-order valence-corrected chi connectivity index (χ1v) is 9.53. The van der Waals surface area contributed by atoms with Crippen LogP contribution in [-0.4, -0.2) is 50.9 Å². The summed E-state index contributed by atoms with van der Waals surface area (Å²) < 4.78 is 27.4. The summed E-state index contributed by atoms with van der Waals surface area (Å²) in [4.78, 5) is 14.6. The van der Waals surface area contributed by atoms with Gasteiger partial charge >= 0.3 is 0 Å². The van der Waals surface area contributed by atoms with Crippen molar-refractivity contribution in [2.75, 3.05) is 19.6 Å². The number of benzene rings is 1. The van der Waals surface area contributed by atoms with E-state index in [-0.39, 0.29) is 22.9 Å². The van der Waals surface area contributed by atoms with Crippen LogP contribution in [0.15, 0.2) is 35.2 Å². The van der Waals surface area contributed by atoms with Crippen LogP contribution in [-0.2, 0) is 14.8 Å². The number of rotatable bonds is 4. The van der Waals surface area contributed by atoms with E-state index in [9.17, 15) is 13.2 Å². The van der Waals surface area contributed by atoms with E-state index < -0.39 is 10.0 Å². The van der Waals surface area contributed by atoms with Crippen LogP contribution in [0.4, 0.5) is 0 Å². The molecule has 1 aromatic rings. The lowest BCUT2D eigenvalue weighted by atomic mass is 10.1. The minimum absolute atomic E-state index is 0.0933. The molecule has 2 aliphatic rings. The monoisotopic (exact) mass is 337 g/mol. The highest BCUT2D eigenvalue weighted by molar-refractivity contribution is 7.89. The highest BCUT2D eigenvalue weighted by Gasteiger charge is 2.36. The van der Waals surface area contributed by atoms with Gasteiger partial charge in [-0.25, -0.2) is 13.1 Å². The normalized spacial score (nSPS) is 28.2. The largest absolute Gasteiger partial charge is 0.341 e. The third-order valence-electron chi connectivity index (χ3n) is 4.54. The lowest BCUT2D eigenvalue weighted by molar-refractivity contribution is -0.132. The summed E-state index contributed by atoms with van der Waals surface area (Å²) in [6.45, 7) is 4.23. The molecule has 0 aliphatic carbocycles. The molecular formula is C16H23N3O3S. The molecule has 3 rings (SSSR count). The molecule has 23 heavy (non-hydrogen) atoms. The lowest BCUT2D eigenvalue weighted by Gasteiger charge is -2.20. The molecule has 0 aromatic heterocycles. The van der Waals surface area contributed by atoms with Gasteiger partial charge in [0.15, 0.2) is 0 Å². The molecule has 2 saturated heterocycles. The van der Waals surface area contributed by atoms with Gasteiger partial charge in [0.25, 0.3) is 0 Å². The van der Waals surface area contributed by atoms with Crippen LogP contribution in [0.5, 0.6) is 0 Å². The number of likely N-dealkylation sites (tertiary alicyclic amines) is 1. The van der Waals surface area contributed by atoms with Crippen LogP contribution >= 0.6 is 0 Å². The Kier molecular flexibility index (Phi) is 4.70. The highest BCUT2D eigenvalue weighted by atomic mass is 32.2. The van der Waals surface area contributed by atoms with Crippen molar-refractivity contribution in [3.05, 3.63) is 30.3 Å². The van der Waals surface area contributed by atoms with Crippen molar-refractivity contribution in [2.24, 2.45) is 5.92 Å². The van der Waals surface area contributed by atoms with Gasteiger partial charge in [-0.2, -0.15) is 0 Å². The first kappa shape index (κ1) is 16.4. The summed E-state index contributed by atoms with van der Waals surface area (Å²) in [6, 6.07) is 7.77. The van der Waals surface area contributed by atoms with Gasteiger partial charge in [-0.05, 0) is 30.9 Å². The zero-order chi connectivity index (χ0) is 16.4. The van der Waals surface area contributed by atoms with E-state index in [1.807, 2.05) is 4.90 Å². The maximum absolute atomic E-state index is 12.5. The Balaban J connectivity index is 1.59. The third-order valence-corrected chi connectivity index (χ3v) is 6.08. The van der Waals surface area contributed by atoms with E-state index >= 15 is 0 Å². The zero-order valence-electron chi connectivity index (χ0n) is 13.2. The molecule has 0 spiro atoms. The number of carbonyl (C=O) groups excluding carboxylic acids is 1. The van der Waals surface area contributed by atoms with Crippen molar-refractivity contribution < 1.29 is 13.2 Å². The molecule has 1 unspecified atom stereocenters. The highest BCUT2D eigenvalue weighted by Crippen LogP contribution is 2.19. The second-order valence-electron chi connectivity index (χ2n) is 6.51. The summed E-state index contributed by atoms with van der Waals surface area (Å²) >= 11 is 0. The van der Waals surface area contributed by atoms with Gasteiger partial charge in [-0.15, -0.1) is 0 Å². The molecule has 7 heteroatoms. The number of amides is 1. The molecule has 2 aliphatic heterocycles. The fourth-order valence-corrected chi connectivity index (χ4v) is 4.53. The molecule has 126 valence electrons. The lowest BCUT2D eigenvalue weighted by Crippen LogP contribution is -2.42. The molecular weight excluding hydrogens is 314 g/mol. The molecule has 1 aromatic carbocycles. The van der Waals surface area contributed by atoms with Gasteiger partial charge in [-0.1, -0.05) is 25.1 Å². The maximum Gasteiger partial charge on any atom is 0.240 e. The molecule has 2 heterocycles. The average Bonchev–Trinajstić information content (AvgIpc) is 3.16. The average molecular weight is 337 g/mol. The molecule has 6 nitrogen and oxygen atoms in total. The summed E-state index contributed by atoms with van der Waals surface area (Å²) in [5.41, 5.74) is 0. The zero-order valence-corrected chi connectivity index (χ0v) is 14.1. The van der Waals surface area contributed by atoms with Crippen LogP contribution in [0.1, 0.15) is 19.8 Å². The summed E-state index contributed by atoms with van der Waals surface area (Å²) in [7, 11) is -3.54. The molecule has 0 bridgehead atoms. The van der Waals surface area contributed by atoms with Gasteiger partial charge < -0.3 is 10.2 Å². The van der Waals surface area contributed by atoms with Crippen molar-refractivity contribution in [3.8, 4) is 0 Å². The van der Waals surface area contributed by atoms with E-state index in [4.69, 9.17) is 0 Å². The molecule has 0 radical (unpaired) electrons. The number of hydrogen-bond donors (Lipinski definition) is 2. The van der Waals surface area contributed by atoms with Gasteiger partial charge in [0.1, 0.15) is 0 Å². The van der Waals surface area contributed by atoms with Gasteiger partial charge in [-0.3, -0.25) is 4.79 Å². The molecule has 2 fully saturated rings. The predicted octanol–water partition coefficient (Wildman–Crippen LogP) is 0.564. The van der Waals surface area contributed by atoms with E-state index in [0.29, 0.717) is 18.9 Å². The SMILES string of the molecule is CC1CCN(C(=O)[C@@H]2C[C@H](NS(=O)(=O)c3ccccc3)CN2)C1. The quantitative estimate of drug-likeness (QED) is 0.842. The Morgan fingerprint density at radius 1 is 1.30 bits per heavy atom. The summed E-state index contributed by atoms with van der Waals surface area (Å²) in [6.07, 6.45) is 1.54. The fourth-order valence-electron chi connectivity index (χ4n) is 3.26. The van der Waals surface area contributed by atoms with Crippen molar-refractivity contribution in [2.45, 2.75) is 36.7 Å². The summed E-state index contributed by atoms with van der Waals surface area (Å²) in [5.74, 6) is 0.642. The topological polar surface area (TPSA) is 78.5 Å². The van der Waals surface area contributed by atoms with E-state index in [1.54, 1.807) is 30.3 Å². The smallest absolute Gasteiger partial charge is 0.240 e. The van der Waals surface area contributed by atoms with Crippen LogP contribution in [0.25, 0.3) is 0 Å². The Hall–Kier alpha value is -1.44. The van der Waals surface area contributed by atoms with E-state index in [0.717, 1.165) is 19.5 Å². The molecule has 3 atom stereocenters. The van der Waals surface area contributed by atoms with Gasteiger partial charge in [0.05, 0.1) is 10.9 Å². The second-order valence-corrected chi connectivity index (χ2v) is 8.22. The minimum Gasteiger partial charge on any atom is -0.341 e. The van der Waals surface area contributed by atoms with E-state index in [2.05, 4.69) is 17.0 Å². The molecule has 0 saturated carbocycles. The van der Waals surface area contributed by atoms with Crippen molar-refractivity contribution >= 4 is 15.9 Å². The Morgan fingerprint density at radius 3 is 2.70 bits per heavy atom. The minimum atomic E-state index is -3.54. The van der Waals surface area contributed by atoms with Gasteiger partial charge in [0, 0.05) is 25.7 Å². The van der Waals surface area contributed by atoms with E-state index in [1.165, 1.54) is 0 Å². The number of carbonyl (C=O) groups is 1. The standard InChI is InChI=1S/C16H23N3O3S/c1-12-7-8-19(11-12)16(20)15-9-13(10-17-15)18-23(21,22)14-5-3-2-4-6-14/h2-6,12-13,15,17-18H,7-11H2,1H3/t12?,13-,15-/m0/s1. The van der Waals surface area contributed by atoms with Crippen molar-refractivity contribution in [1.82, 2.24) is 14.9 Å². The first-order chi connectivity index (χ1) is 11.0. The van der Waals surface area contributed by atoms with Crippen LogP contribution in [0.2, 0.25) is 0 Å².